The number of rotatable bonds is 6. The van der Waals surface area contributed by atoms with Crippen LogP contribution >= 0.6 is 11.6 Å². The zero-order valence-electron chi connectivity index (χ0n) is 16.2. The summed E-state index contributed by atoms with van der Waals surface area (Å²) < 4.78 is 48.8. The lowest BCUT2D eigenvalue weighted by molar-refractivity contribution is -0.137. The first kappa shape index (κ1) is 23.3. The van der Waals surface area contributed by atoms with Crippen molar-refractivity contribution in [2.24, 2.45) is 0 Å². The molecule has 30 heavy (non-hydrogen) atoms. The molecule has 1 amide bonds. The van der Waals surface area contributed by atoms with Gasteiger partial charge in [0.05, 0.1) is 23.9 Å². The summed E-state index contributed by atoms with van der Waals surface area (Å²) in [6, 6.07) is 2.85. The lowest BCUT2D eigenvalue weighted by atomic mass is 10.1. The maximum atomic E-state index is 13.1. The summed E-state index contributed by atoms with van der Waals surface area (Å²) in [5.41, 5.74) is -0.793. The summed E-state index contributed by atoms with van der Waals surface area (Å²) in [4.78, 5) is 39.0. The number of hydrogen-bond acceptors (Lipinski definition) is 5. The van der Waals surface area contributed by atoms with Crippen molar-refractivity contribution in [3.63, 3.8) is 0 Å². The van der Waals surface area contributed by atoms with E-state index in [1.54, 1.807) is 6.92 Å². The second-order valence-corrected chi connectivity index (χ2v) is 6.57. The van der Waals surface area contributed by atoms with Gasteiger partial charge >= 0.3 is 18.1 Å². The van der Waals surface area contributed by atoms with Crippen LogP contribution in [-0.4, -0.2) is 36.5 Å². The molecule has 162 valence electrons. The number of aromatic nitrogens is 1. The number of alkyl halides is 3. The van der Waals surface area contributed by atoms with E-state index < -0.39 is 41.9 Å². The molecule has 1 aromatic carbocycles. The summed E-state index contributed by atoms with van der Waals surface area (Å²) in [6.07, 6.45) is -4.35. The highest BCUT2D eigenvalue weighted by atomic mass is 35.5. The molecule has 0 saturated carbocycles. The number of anilines is 1. The molecule has 2 rings (SSSR count). The fraction of sp³-hybridized carbons (Fsp3) is 0.316. The van der Waals surface area contributed by atoms with Crippen LogP contribution in [0.25, 0.3) is 0 Å². The number of benzene rings is 1. The SMILES string of the molecule is CCc1[nH]c(C(=O)OCC(=O)Nc2ccc(Cl)cc2C(F)(F)F)c(C)c1C(=O)OC. The van der Waals surface area contributed by atoms with Gasteiger partial charge in [0.15, 0.2) is 6.61 Å². The number of halogens is 4. The lowest BCUT2D eigenvalue weighted by Gasteiger charge is -2.14. The van der Waals surface area contributed by atoms with E-state index in [1.807, 2.05) is 5.32 Å². The van der Waals surface area contributed by atoms with Crippen molar-refractivity contribution in [3.05, 3.63) is 51.3 Å². The molecule has 11 heteroatoms. The summed E-state index contributed by atoms with van der Waals surface area (Å²) in [7, 11) is 1.20. The minimum atomic E-state index is -4.74. The first-order valence-corrected chi connectivity index (χ1v) is 9.00. The smallest absolute Gasteiger partial charge is 0.418 e. The van der Waals surface area contributed by atoms with Crippen molar-refractivity contribution < 1.29 is 37.0 Å². The second kappa shape index (κ2) is 9.21. The number of aryl methyl sites for hydroxylation is 1. The molecule has 0 radical (unpaired) electrons. The highest BCUT2D eigenvalue weighted by Crippen LogP contribution is 2.36. The Labute approximate surface area is 174 Å². The number of nitrogens with one attached hydrogen (secondary N) is 2. The third kappa shape index (κ3) is 5.12. The summed E-state index contributed by atoms with van der Waals surface area (Å²) in [6.45, 7) is 2.42. The van der Waals surface area contributed by atoms with Gasteiger partial charge in [0.1, 0.15) is 5.69 Å². The van der Waals surface area contributed by atoms with Gasteiger partial charge in [-0.05, 0) is 37.1 Å². The van der Waals surface area contributed by atoms with Crippen molar-refractivity contribution in [2.75, 3.05) is 19.0 Å². The van der Waals surface area contributed by atoms with Crippen molar-refractivity contribution in [3.8, 4) is 0 Å². The van der Waals surface area contributed by atoms with Gasteiger partial charge < -0.3 is 19.8 Å². The molecule has 1 aromatic heterocycles. The number of H-pyrrole nitrogens is 1. The first-order valence-electron chi connectivity index (χ1n) is 8.63. The highest BCUT2D eigenvalue weighted by Gasteiger charge is 2.34. The Morgan fingerprint density at radius 2 is 1.87 bits per heavy atom. The van der Waals surface area contributed by atoms with Crippen LogP contribution in [0.1, 0.15) is 44.6 Å². The number of carbonyl (C=O) groups is 3. The largest absolute Gasteiger partial charge is 0.465 e. The van der Waals surface area contributed by atoms with Crippen LogP contribution in [0.5, 0.6) is 0 Å². The Morgan fingerprint density at radius 1 is 1.20 bits per heavy atom. The Hall–Kier alpha value is -3.01. The van der Waals surface area contributed by atoms with Crippen molar-refractivity contribution in [1.82, 2.24) is 4.98 Å². The Balaban J connectivity index is 2.12. The molecule has 7 nitrogen and oxygen atoms in total. The quantitative estimate of drug-likeness (QED) is 0.650. The molecular weight excluding hydrogens is 429 g/mol. The Bertz CT molecular complexity index is 985. The monoisotopic (exact) mass is 446 g/mol. The van der Waals surface area contributed by atoms with Crippen LogP contribution in [0.15, 0.2) is 18.2 Å². The molecule has 1 heterocycles. The predicted octanol–water partition coefficient (Wildman–Crippen LogP) is 4.14. The van der Waals surface area contributed by atoms with Gasteiger partial charge in [0.25, 0.3) is 5.91 Å². The maximum absolute atomic E-state index is 13.1. The summed E-state index contributed by atoms with van der Waals surface area (Å²) >= 11 is 5.59. The molecule has 0 aliphatic rings. The molecule has 2 aromatic rings. The molecule has 2 N–H and O–H groups in total. The second-order valence-electron chi connectivity index (χ2n) is 6.14. The van der Waals surface area contributed by atoms with E-state index in [4.69, 9.17) is 16.3 Å². The van der Waals surface area contributed by atoms with Crippen LogP contribution < -0.4 is 5.32 Å². The molecule has 0 fully saturated rings. The van der Waals surface area contributed by atoms with Gasteiger partial charge in [-0.25, -0.2) is 9.59 Å². The Morgan fingerprint density at radius 3 is 2.43 bits per heavy atom. The normalized spacial score (nSPS) is 11.2. The van der Waals surface area contributed by atoms with Crippen molar-refractivity contribution in [2.45, 2.75) is 26.4 Å². The maximum Gasteiger partial charge on any atom is 0.418 e. The van der Waals surface area contributed by atoms with Gasteiger partial charge in [-0.2, -0.15) is 13.2 Å². The van der Waals surface area contributed by atoms with E-state index in [9.17, 15) is 27.6 Å². The summed E-state index contributed by atoms with van der Waals surface area (Å²) in [5, 5.41) is 1.89. The summed E-state index contributed by atoms with van der Waals surface area (Å²) in [5.74, 6) is -2.57. The van der Waals surface area contributed by atoms with Gasteiger partial charge in [-0.15, -0.1) is 0 Å². The number of methoxy groups -OCH3 is 1. The van der Waals surface area contributed by atoms with E-state index >= 15 is 0 Å². The van der Waals surface area contributed by atoms with Crippen LogP contribution in [0.4, 0.5) is 18.9 Å². The molecule has 0 atom stereocenters. The molecule has 0 saturated heterocycles. The standard InChI is InChI=1S/C19H18ClF3N2O5/c1-4-12-15(17(27)29-3)9(2)16(25-12)18(28)30-8-14(26)24-13-6-5-10(20)7-11(13)19(21,22)23/h5-7,25H,4,8H2,1-3H3,(H,24,26). The number of carbonyl (C=O) groups excluding carboxylic acids is 3. The topological polar surface area (TPSA) is 97.5 Å². The van der Waals surface area contributed by atoms with E-state index in [0.29, 0.717) is 18.2 Å². The van der Waals surface area contributed by atoms with E-state index in [1.165, 1.54) is 20.1 Å². The fourth-order valence-corrected chi connectivity index (χ4v) is 2.93. The average Bonchev–Trinajstić information content (AvgIpc) is 3.02. The molecule has 0 aliphatic carbocycles. The van der Waals surface area contributed by atoms with E-state index in [0.717, 1.165) is 6.07 Å². The van der Waals surface area contributed by atoms with Crippen molar-refractivity contribution >= 4 is 35.1 Å². The number of esters is 2. The lowest BCUT2D eigenvalue weighted by Crippen LogP contribution is -2.23. The number of aromatic amines is 1. The number of amides is 1. The van der Waals surface area contributed by atoms with Crippen LogP contribution in [0.3, 0.4) is 0 Å². The van der Waals surface area contributed by atoms with E-state index in [2.05, 4.69) is 9.72 Å². The number of hydrogen-bond donors (Lipinski definition) is 2. The zero-order chi connectivity index (χ0) is 22.6. The van der Waals surface area contributed by atoms with Gasteiger partial charge in [-0.1, -0.05) is 18.5 Å². The minimum Gasteiger partial charge on any atom is -0.465 e. The first-order chi connectivity index (χ1) is 14.0. The molecule has 0 aliphatic heterocycles. The van der Waals surface area contributed by atoms with Gasteiger partial charge in [0, 0.05) is 10.7 Å². The third-order valence-corrected chi connectivity index (χ3v) is 4.41. The van der Waals surface area contributed by atoms with Crippen LogP contribution in [-0.2, 0) is 26.9 Å². The van der Waals surface area contributed by atoms with Crippen LogP contribution in [0.2, 0.25) is 5.02 Å². The number of ether oxygens (including phenoxy) is 2. The van der Waals surface area contributed by atoms with Crippen molar-refractivity contribution in [1.29, 1.82) is 0 Å². The highest BCUT2D eigenvalue weighted by molar-refractivity contribution is 6.30. The molecule has 0 bridgehead atoms. The van der Waals surface area contributed by atoms with E-state index in [-0.39, 0.29) is 21.8 Å². The zero-order valence-corrected chi connectivity index (χ0v) is 17.0. The third-order valence-electron chi connectivity index (χ3n) is 4.17. The minimum absolute atomic E-state index is 0.0532. The Kier molecular flexibility index (Phi) is 7.14. The molecule has 0 unspecified atom stereocenters. The molecule has 0 spiro atoms. The van der Waals surface area contributed by atoms with Gasteiger partial charge in [0.2, 0.25) is 0 Å². The predicted molar refractivity (Wildman–Crippen MR) is 102 cm³/mol. The fourth-order valence-electron chi connectivity index (χ4n) is 2.76. The van der Waals surface area contributed by atoms with Gasteiger partial charge in [-0.3, -0.25) is 4.79 Å². The molecular formula is C19H18ClF3N2O5. The average molecular weight is 447 g/mol. The van der Waals surface area contributed by atoms with Crippen LogP contribution in [0, 0.1) is 6.92 Å².